The Kier molecular flexibility index (Phi) is 1.97. The van der Waals surface area contributed by atoms with Crippen LogP contribution in [0, 0.1) is 0 Å². The van der Waals surface area contributed by atoms with E-state index >= 15 is 0 Å². The van der Waals surface area contributed by atoms with Gasteiger partial charge in [-0.3, -0.25) is 0 Å². The van der Waals surface area contributed by atoms with Crippen molar-refractivity contribution in [2.75, 3.05) is 0 Å². The Morgan fingerprint density at radius 2 is 2.22 bits per heavy atom. The van der Waals surface area contributed by atoms with Gasteiger partial charge in [0.05, 0.1) is 5.38 Å². The Morgan fingerprint density at radius 3 is 2.67 bits per heavy atom. The largest absolute Gasteiger partial charge is 0.118 e. The van der Waals surface area contributed by atoms with E-state index in [1.54, 1.807) is 0 Å². The fraction of sp³-hybridized carbons (Fsp3) is 0.500. The van der Waals surface area contributed by atoms with Crippen LogP contribution < -0.4 is 0 Å². The molecule has 9 heavy (non-hydrogen) atoms. The van der Waals surface area contributed by atoms with Crippen LogP contribution >= 0.6 is 11.6 Å². The third kappa shape index (κ3) is 1.59. The lowest BCUT2D eigenvalue weighted by Crippen LogP contribution is -2.02. The van der Waals surface area contributed by atoms with Gasteiger partial charge < -0.3 is 0 Å². The van der Waals surface area contributed by atoms with E-state index in [1.807, 2.05) is 0 Å². The zero-order valence-electron chi connectivity index (χ0n) is 5.82. The van der Waals surface area contributed by atoms with Crippen molar-refractivity contribution in [2.24, 2.45) is 0 Å². The lowest BCUT2D eigenvalue weighted by Gasteiger charge is -2.12. The molecular formula is C8H11Cl. The molecule has 0 nitrogen and oxygen atoms in total. The molecule has 1 aliphatic carbocycles. The second-order valence-electron chi connectivity index (χ2n) is 2.54. The summed E-state index contributed by atoms with van der Waals surface area (Å²) in [5, 5.41) is 0.244. The normalized spacial score (nSPS) is 27.2. The first-order chi connectivity index (χ1) is 4.20. The monoisotopic (exact) mass is 142 g/mol. The van der Waals surface area contributed by atoms with Crippen molar-refractivity contribution in [2.45, 2.75) is 25.6 Å². The first-order valence-electron chi connectivity index (χ1n) is 3.19. The average molecular weight is 143 g/mol. The number of halogens is 1. The molecule has 0 saturated carbocycles. The van der Waals surface area contributed by atoms with Gasteiger partial charge in [0.2, 0.25) is 0 Å². The number of hydrogen-bond acceptors (Lipinski definition) is 0. The summed E-state index contributed by atoms with van der Waals surface area (Å²) < 4.78 is 0. The highest BCUT2D eigenvalue weighted by atomic mass is 35.5. The van der Waals surface area contributed by atoms with Crippen LogP contribution in [0.5, 0.6) is 0 Å². The number of allylic oxidation sites excluding steroid dienone is 4. The second-order valence-corrected chi connectivity index (χ2v) is 3.07. The molecular weight excluding hydrogens is 132 g/mol. The Labute approximate surface area is 61.2 Å². The predicted molar refractivity (Wildman–Crippen MR) is 41.8 cm³/mol. The molecule has 1 aliphatic rings. The summed E-state index contributed by atoms with van der Waals surface area (Å²) in [6.07, 6.45) is 5.31. The minimum Gasteiger partial charge on any atom is -0.118 e. The second kappa shape index (κ2) is 2.57. The van der Waals surface area contributed by atoms with E-state index in [4.69, 9.17) is 11.6 Å². The number of rotatable bonds is 0. The highest BCUT2D eigenvalue weighted by Gasteiger charge is 2.08. The molecule has 0 N–H and O–H groups in total. The van der Waals surface area contributed by atoms with Crippen molar-refractivity contribution in [3.8, 4) is 0 Å². The summed E-state index contributed by atoms with van der Waals surface area (Å²) in [5.41, 5.74) is 2.63. The molecule has 0 aliphatic heterocycles. The summed E-state index contributed by atoms with van der Waals surface area (Å²) in [6.45, 7) is 4.18. The molecule has 0 aromatic rings. The average Bonchev–Trinajstić information content (AvgIpc) is 1.80. The SMILES string of the molecule is CC1=CCC(Cl)C(C)=C1. The molecule has 0 spiro atoms. The van der Waals surface area contributed by atoms with Gasteiger partial charge in [0.15, 0.2) is 0 Å². The lowest BCUT2D eigenvalue weighted by molar-refractivity contribution is 0.954. The van der Waals surface area contributed by atoms with Crippen LogP contribution in [0.25, 0.3) is 0 Å². The topological polar surface area (TPSA) is 0 Å². The fourth-order valence-corrected chi connectivity index (χ4v) is 1.14. The number of hydrogen-bond donors (Lipinski definition) is 0. The summed E-state index contributed by atoms with van der Waals surface area (Å²) in [4.78, 5) is 0. The first-order valence-corrected chi connectivity index (χ1v) is 3.63. The molecule has 0 aromatic heterocycles. The van der Waals surface area contributed by atoms with Gasteiger partial charge in [-0.2, -0.15) is 0 Å². The maximum absolute atomic E-state index is 5.92. The maximum atomic E-state index is 5.92. The van der Waals surface area contributed by atoms with Crippen LogP contribution in [-0.4, -0.2) is 5.38 Å². The van der Waals surface area contributed by atoms with Crippen molar-refractivity contribution < 1.29 is 0 Å². The molecule has 1 heteroatoms. The van der Waals surface area contributed by atoms with Crippen LogP contribution in [0.4, 0.5) is 0 Å². The predicted octanol–water partition coefficient (Wildman–Crippen LogP) is 2.89. The minimum atomic E-state index is 0.244. The van der Waals surface area contributed by atoms with Gasteiger partial charge in [0.1, 0.15) is 0 Å². The van der Waals surface area contributed by atoms with Gasteiger partial charge in [-0.1, -0.05) is 23.3 Å². The Bertz CT molecular complexity index is 165. The molecule has 0 bridgehead atoms. The molecule has 0 saturated heterocycles. The molecule has 0 aromatic carbocycles. The minimum absolute atomic E-state index is 0.244. The van der Waals surface area contributed by atoms with Gasteiger partial charge in [-0.05, 0) is 20.3 Å². The highest BCUT2D eigenvalue weighted by Crippen LogP contribution is 2.21. The molecule has 0 amide bonds. The standard InChI is InChI=1S/C8H11Cl/c1-6-3-4-8(9)7(2)5-6/h3,5,8H,4H2,1-2H3. The summed E-state index contributed by atoms with van der Waals surface area (Å²) in [5.74, 6) is 0. The molecule has 1 unspecified atom stereocenters. The van der Waals surface area contributed by atoms with Gasteiger partial charge >= 0.3 is 0 Å². The maximum Gasteiger partial charge on any atom is 0.0580 e. The lowest BCUT2D eigenvalue weighted by atomic mass is 10.0. The Hall–Kier alpha value is -0.230. The first kappa shape index (κ1) is 6.88. The van der Waals surface area contributed by atoms with E-state index in [1.165, 1.54) is 11.1 Å². The zero-order valence-corrected chi connectivity index (χ0v) is 6.57. The summed E-state index contributed by atoms with van der Waals surface area (Å²) in [7, 11) is 0. The molecule has 0 radical (unpaired) electrons. The molecule has 1 rings (SSSR count). The molecule has 0 heterocycles. The fourth-order valence-electron chi connectivity index (χ4n) is 0.984. The molecule has 0 fully saturated rings. The van der Waals surface area contributed by atoms with Crippen LogP contribution in [0.1, 0.15) is 20.3 Å². The van der Waals surface area contributed by atoms with Crippen molar-refractivity contribution in [3.05, 3.63) is 23.3 Å². The van der Waals surface area contributed by atoms with E-state index in [2.05, 4.69) is 26.0 Å². The third-order valence-corrected chi connectivity index (χ3v) is 2.12. The van der Waals surface area contributed by atoms with E-state index in [0.717, 1.165) is 6.42 Å². The van der Waals surface area contributed by atoms with Crippen molar-refractivity contribution in [3.63, 3.8) is 0 Å². The van der Waals surface area contributed by atoms with Gasteiger partial charge in [0.25, 0.3) is 0 Å². The quantitative estimate of drug-likeness (QED) is 0.457. The van der Waals surface area contributed by atoms with E-state index < -0.39 is 0 Å². The number of alkyl halides is 1. The summed E-state index contributed by atoms with van der Waals surface area (Å²) in [6, 6.07) is 0. The van der Waals surface area contributed by atoms with Crippen molar-refractivity contribution in [1.82, 2.24) is 0 Å². The van der Waals surface area contributed by atoms with Gasteiger partial charge in [-0.25, -0.2) is 0 Å². The van der Waals surface area contributed by atoms with E-state index in [9.17, 15) is 0 Å². The van der Waals surface area contributed by atoms with Gasteiger partial charge in [-0.15, -0.1) is 11.6 Å². The summed E-state index contributed by atoms with van der Waals surface area (Å²) >= 11 is 5.92. The van der Waals surface area contributed by atoms with Crippen molar-refractivity contribution >= 4 is 11.6 Å². The van der Waals surface area contributed by atoms with Crippen LogP contribution in [0.15, 0.2) is 23.3 Å². The molecule has 50 valence electrons. The van der Waals surface area contributed by atoms with Gasteiger partial charge in [0, 0.05) is 0 Å². The van der Waals surface area contributed by atoms with E-state index in [0.29, 0.717) is 0 Å². The van der Waals surface area contributed by atoms with Crippen LogP contribution in [0.2, 0.25) is 0 Å². The van der Waals surface area contributed by atoms with E-state index in [-0.39, 0.29) is 5.38 Å². The van der Waals surface area contributed by atoms with Crippen molar-refractivity contribution in [1.29, 1.82) is 0 Å². The smallest absolute Gasteiger partial charge is 0.0580 e. The molecule has 1 atom stereocenters. The Morgan fingerprint density at radius 1 is 1.56 bits per heavy atom. The Balaban J connectivity index is 2.74. The zero-order chi connectivity index (χ0) is 6.85. The van der Waals surface area contributed by atoms with Crippen LogP contribution in [0.3, 0.4) is 0 Å². The van der Waals surface area contributed by atoms with Crippen LogP contribution in [-0.2, 0) is 0 Å². The third-order valence-electron chi connectivity index (χ3n) is 1.60. The highest BCUT2D eigenvalue weighted by molar-refractivity contribution is 6.22.